The van der Waals surface area contributed by atoms with Gasteiger partial charge in [0.2, 0.25) is 0 Å². The number of piperidine rings is 1. The van der Waals surface area contributed by atoms with Crippen molar-refractivity contribution in [1.82, 2.24) is 5.32 Å². The highest BCUT2D eigenvalue weighted by atomic mass is 15.1. The molecule has 1 N–H and O–H groups in total. The molecule has 0 aromatic heterocycles. The molecule has 2 unspecified atom stereocenters. The first-order valence-electron chi connectivity index (χ1n) is 7.74. The Kier molecular flexibility index (Phi) is 5.26. The van der Waals surface area contributed by atoms with E-state index in [-0.39, 0.29) is 0 Å². The van der Waals surface area contributed by atoms with Crippen molar-refractivity contribution in [3.8, 4) is 0 Å². The zero-order valence-electron chi connectivity index (χ0n) is 12.7. The quantitative estimate of drug-likeness (QED) is 0.813. The molecule has 1 aromatic rings. The predicted molar refractivity (Wildman–Crippen MR) is 83.6 cm³/mol. The van der Waals surface area contributed by atoms with Crippen molar-refractivity contribution in [1.29, 1.82) is 0 Å². The maximum Gasteiger partial charge on any atom is 0.0412 e. The molecule has 0 bridgehead atoms. The normalized spacial score (nSPS) is 23.6. The predicted octanol–water partition coefficient (Wildman–Crippen LogP) is 3.67. The van der Waals surface area contributed by atoms with Gasteiger partial charge in [-0.25, -0.2) is 0 Å². The van der Waals surface area contributed by atoms with Crippen molar-refractivity contribution in [2.75, 3.05) is 24.5 Å². The molecule has 19 heavy (non-hydrogen) atoms. The van der Waals surface area contributed by atoms with Crippen LogP contribution in [0.2, 0.25) is 0 Å². The fourth-order valence-electron chi connectivity index (χ4n) is 3.23. The zero-order valence-corrected chi connectivity index (χ0v) is 12.7. The summed E-state index contributed by atoms with van der Waals surface area (Å²) in [6.07, 6.45) is 2.56. The van der Waals surface area contributed by atoms with E-state index in [2.05, 4.69) is 55.3 Å². The Morgan fingerprint density at radius 2 is 1.84 bits per heavy atom. The molecule has 2 atom stereocenters. The molecule has 1 fully saturated rings. The molecule has 0 aliphatic carbocycles. The maximum absolute atomic E-state index is 3.53. The van der Waals surface area contributed by atoms with Crippen LogP contribution >= 0.6 is 0 Å². The van der Waals surface area contributed by atoms with Gasteiger partial charge in [-0.15, -0.1) is 0 Å². The van der Waals surface area contributed by atoms with E-state index < -0.39 is 0 Å². The molecule has 2 heteroatoms. The van der Waals surface area contributed by atoms with E-state index in [1.54, 1.807) is 0 Å². The summed E-state index contributed by atoms with van der Waals surface area (Å²) in [5.74, 6) is 1.61. The number of rotatable bonds is 5. The molecule has 0 saturated carbocycles. The molecular formula is C17H28N2. The summed E-state index contributed by atoms with van der Waals surface area (Å²) in [6.45, 7) is 11.5. The minimum Gasteiger partial charge on any atom is -0.371 e. The van der Waals surface area contributed by atoms with Gasteiger partial charge in [-0.2, -0.15) is 0 Å². The smallest absolute Gasteiger partial charge is 0.0412 e. The van der Waals surface area contributed by atoms with Crippen molar-refractivity contribution in [3.05, 3.63) is 29.8 Å². The average Bonchev–Trinajstić information content (AvgIpc) is 2.38. The lowest BCUT2D eigenvalue weighted by molar-refractivity contribution is 0.356. The molecule has 2 nitrogen and oxygen atoms in total. The minimum atomic E-state index is 0.806. The molecule has 0 amide bonds. The Morgan fingerprint density at radius 1 is 1.16 bits per heavy atom. The van der Waals surface area contributed by atoms with E-state index in [4.69, 9.17) is 0 Å². The van der Waals surface area contributed by atoms with Gasteiger partial charge in [-0.05, 0) is 42.9 Å². The van der Waals surface area contributed by atoms with Crippen molar-refractivity contribution in [2.24, 2.45) is 11.8 Å². The van der Waals surface area contributed by atoms with E-state index in [1.807, 2.05) is 0 Å². The zero-order chi connectivity index (χ0) is 13.7. The van der Waals surface area contributed by atoms with Gasteiger partial charge in [0.05, 0.1) is 0 Å². The van der Waals surface area contributed by atoms with Crippen LogP contribution in [0.1, 0.15) is 39.2 Å². The molecule has 1 aliphatic heterocycles. The lowest BCUT2D eigenvalue weighted by Crippen LogP contribution is -2.39. The van der Waals surface area contributed by atoms with Crippen molar-refractivity contribution < 1.29 is 0 Å². The molecule has 2 rings (SSSR count). The minimum absolute atomic E-state index is 0.806. The highest BCUT2D eigenvalue weighted by Crippen LogP contribution is 2.28. The molecule has 0 spiro atoms. The lowest BCUT2D eigenvalue weighted by atomic mass is 9.91. The number of anilines is 1. The van der Waals surface area contributed by atoms with Gasteiger partial charge in [0.15, 0.2) is 0 Å². The molecule has 1 heterocycles. The molecular weight excluding hydrogens is 232 g/mol. The number of hydrogen-bond donors (Lipinski definition) is 1. The second-order valence-corrected chi connectivity index (χ2v) is 6.16. The van der Waals surface area contributed by atoms with Crippen LogP contribution in [0.25, 0.3) is 0 Å². The Labute approximate surface area is 118 Å². The second-order valence-electron chi connectivity index (χ2n) is 6.16. The molecule has 1 aliphatic rings. The lowest BCUT2D eigenvalue weighted by Gasteiger charge is -2.37. The monoisotopic (exact) mass is 260 g/mol. The van der Waals surface area contributed by atoms with Crippen LogP contribution in [0.4, 0.5) is 5.69 Å². The van der Waals surface area contributed by atoms with Crippen LogP contribution < -0.4 is 10.2 Å². The summed E-state index contributed by atoms with van der Waals surface area (Å²) in [5, 5.41) is 3.53. The van der Waals surface area contributed by atoms with E-state index in [0.29, 0.717) is 0 Å². The molecule has 0 radical (unpaired) electrons. The third-order valence-corrected chi connectivity index (χ3v) is 3.94. The molecule has 1 saturated heterocycles. The SMILES string of the molecule is CCCNCc1ccccc1N1CC(C)CC(C)C1. The summed E-state index contributed by atoms with van der Waals surface area (Å²) in [7, 11) is 0. The van der Waals surface area contributed by atoms with Gasteiger partial charge >= 0.3 is 0 Å². The first-order valence-corrected chi connectivity index (χ1v) is 7.74. The van der Waals surface area contributed by atoms with Gasteiger partial charge in [0, 0.05) is 25.3 Å². The molecule has 1 aromatic carbocycles. The van der Waals surface area contributed by atoms with Crippen molar-refractivity contribution in [2.45, 2.75) is 40.2 Å². The van der Waals surface area contributed by atoms with Crippen LogP contribution in [0.5, 0.6) is 0 Å². The summed E-state index contributed by atoms with van der Waals surface area (Å²) in [4.78, 5) is 2.59. The average molecular weight is 260 g/mol. The summed E-state index contributed by atoms with van der Waals surface area (Å²) in [5.41, 5.74) is 2.88. The van der Waals surface area contributed by atoms with E-state index in [9.17, 15) is 0 Å². The van der Waals surface area contributed by atoms with Gasteiger partial charge in [0.25, 0.3) is 0 Å². The molecule has 106 valence electrons. The Bertz CT molecular complexity index is 379. The first-order chi connectivity index (χ1) is 9.20. The Hall–Kier alpha value is -1.02. The highest BCUT2D eigenvalue weighted by Gasteiger charge is 2.23. The van der Waals surface area contributed by atoms with Crippen molar-refractivity contribution >= 4 is 5.69 Å². The summed E-state index contributed by atoms with van der Waals surface area (Å²) >= 11 is 0. The summed E-state index contributed by atoms with van der Waals surface area (Å²) < 4.78 is 0. The van der Waals surface area contributed by atoms with Gasteiger partial charge in [-0.3, -0.25) is 0 Å². The van der Waals surface area contributed by atoms with Crippen LogP contribution in [0.15, 0.2) is 24.3 Å². The Balaban J connectivity index is 2.09. The van der Waals surface area contributed by atoms with Crippen molar-refractivity contribution in [3.63, 3.8) is 0 Å². The van der Waals surface area contributed by atoms with E-state index >= 15 is 0 Å². The third-order valence-electron chi connectivity index (χ3n) is 3.94. The van der Waals surface area contributed by atoms with Gasteiger partial charge < -0.3 is 10.2 Å². The van der Waals surface area contributed by atoms with Crippen LogP contribution in [-0.2, 0) is 6.54 Å². The fraction of sp³-hybridized carbons (Fsp3) is 0.647. The standard InChI is InChI=1S/C17H28N2/c1-4-9-18-11-16-7-5-6-8-17(16)19-12-14(2)10-15(3)13-19/h5-8,14-15,18H,4,9-13H2,1-3H3. The maximum atomic E-state index is 3.53. The first kappa shape index (κ1) is 14.4. The number of hydrogen-bond acceptors (Lipinski definition) is 2. The largest absolute Gasteiger partial charge is 0.371 e. The van der Waals surface area contributed by atoms with Crippen LogP contribution in [0.3, 0.4) is 0 Å². The highest BCUT2D eigenvalue weighted by molar-refractivity contribution is 5.54. The number of para-hydroxylation sites is 1. The number of nitrogens with zero attached hydrogens (tertiary/aromatic N) is 1. The fourth-order valence-corrected chi connectivity index (χ4v) is 3.23. The van der Waals surface area contributed by atoms with Crippen LogP contribution in [0, 0.1) is 11.8 Å². The number of benzene rings is 1. The van der Waals surface area contributed by atoms with E-state index in [0.717, 1.165) is 24.9 Å². The summed E-state index contributed by atoms with van der Waals surface area (Å²) in [6, 6.07) is 8.88. The second kappa shape index (κ2) is 6.95. The Morgan fingerprint density at radius 3 is 2.53 bits per heavy atom. The van der Waals surface area contributed by atoms with Crippen LogP contribution in [-0.4, -0.2) is 19.6 Å². The van der Waals surface area contributed by atoms with Gasteiger partial charge in [0.1, 0.15) is 0 Å². The number of nitrogens with one attached hydrogen (secondary N) is 1. The van der Waals surface area contributed by atoms with E-state index in [1.165, 1.54) is 37.2 Å². The van der Waals surface area contributed by atoms with Gasteiger partial charge in [-0.1, -0.05) is 39.0 Å². The topological polar surface area (TPSA) is 15.3 Å². The third kappa shape index (κ3) is 3.97.